The largest absolute Gasteiger partial charge is 0.462 e. The van der Waals surface area contributed by atoms with Gasteiger partial charge in [-0.25, -0.2) is 0 Å². The molecule has 3 aliphatic rings. The zero-order chi connectivity index (χ0) is 20.3. The van der Waals surface area contributed by atoms with Gasteiger partial charge in [-0.3, -0.25) is 9.69 Å². The van der Waals surface area contributed by atoms with E-state index in [1.165, 1.54) is 54.6 Å². The molecule has 6 heteroatoms. The van der Waals surface area contributed by atoms with Crippen LogP contribution < -0.4 is 4.90 Å². The number of rotatable bonds is 7. The molecule has 162 valence electrons. The highest BCUT2D eigenvalue weighted by molar-refractivity contribution is 7.13. The molecule has 2 saturated carbocycles. The number of aromatic nitrogens is 1. The smallest absolute Gasteiger partial charge is 0.306 e. The van der Waals surface area contributed by atoms with Crippen LogP contribution in [0.2, 0.25) is 0 Å². The van der Waals surface area contributed by atoms with E-state index in [4.69, 9.17) is 9.11 Å². The standard InChI is InChI=1S/C24H33N3O2S/c28-23(29-20-9-10-20)17-19-7-5-18(6-8-19)11-12-26-13-15-27(16-14-26)24-21-3-1-2-4-22(21)30-25-24/h1-4,18-20H,5-17H2. The molecule has 0 spiro atoms. The maximum absolute atomic E-state index is 11.9. The second kappa shape index (κ2) is 9.23. The quantitative estimate of drug-likeness (QED) is 0.599. The zero-order valence-electron chi connectivity index (χ0n) is 17.8. The van der Waals surface area contributed by atoms with Crippen molar-refractivity contribution in [3.05, 3.63) is 24.3 Å². The van der Waals surface area contributed by atoms with Crippen molar-refractivity contribution in [2.45, 2.75) is 57.5 Å². The molecule has 0 amide bonds. The molecule has 0 N–H and O–H groups in total. The summed E-state index contributed by atoms with van der Waals surface area (Å²) in [4.78, 5) is 17.0. The summed E-state index contributed by atoms with van der Waals surface area (Å²) in [6.45, 7) is 5.63. The minimum absolute atomic E-state index is 0.0479. The number of ether oxygens (including phenoxy) is 1. The first kappa shape index (κ1) is 20.3. The number of hydrogen-bond acceptors (Lipinski definition) is 6. The number of nitrogens with zero attached hydrogens (tertiary/aromatic N) is 3. The predicted octanol–water partition coefficient (Wildman–Crippen LogP) is 4.71. The van der Waals surface area contributed by atoms with Gasteiger partial charge in [-0.2, -0.15) is 4.37 Å². The minimum Gasteiger partial charge on any atom is -0.462 e. The van der Waals surface area contributed by atoms with Crippen LogP contribution in [-0.2, 0) is 9.53 Å². The highest BCUT2D eigenvalue weighted by Gasteiger charge is 2.29. The van der Waals surface area contributed by atoms with Crippen LogP contribution in [0.15, 0.2) is 24.3 Å². The summed E-state index contributed by atoms with van der Waals surface area (Å²) in [5.74, 6) is 2.62. The molecule has 5 nitrogen and oxygen atoms in total. The Bertz CT molecular complexity index is 849. The van der Waals surface area contributed by atoms with Gasteiger partial charge in [0.2, 0.25) is 0 Å². The van der Waals surface area contributed by atoms with Gasteiger partial charge in [-0.05, 0) is 74.1 Å². The molecule has 0 unspecified atom stereocenters. The topological polar surface area (TPSA) is 45.7 Å². The van der Waals surface area contributed by atoms with Crippen molar-refractivity contribution in [3.63, 3.8) is 0 Å². The molecule has 1 aliphatic heterocycles. The van der Waals surface area contributed by atoms with Gasteiger partial charge < -0.3 is 9.64 Å². The lowest BCUT2D eigenvalue weighted by molar-refractivity contribution is -0.146. The van der Waals surface area contributed by atoms with Crippen LogP contribution in [0.4, 0.5) is 5.82 Å². The average Bonchev–Trinajstić information content (AvgIpc) is 3.48. The van der Waals surface area contributed by atoms with E-state index in [1.54, 1.807) is 11.5 Å². The lowest BCUT2D eigenvalue weighted by atomic mass is 9.79. The normalized spacial score (nSPS) is 25.5. The number of benzene rings is 1. The van der Waals surface area contributed by atoms with Crippen LogP contribution >= 0.6 is 11.5 Å². The number of piperazine rings is 1. The molecule has 1 saturated heterocycles. The van der Waals surface area contributed by atoms with Crippen LogP contribution in [0.3, 0.4) is 0 Å². The molecule has 5 rings (SSSR count). The summed E-state index contributed by atoms with van der Waals surface area (Å²) in [7, 11) is 0. The Kier molecular flexibility index (Phi) is 6.23. The maximum Gasteiger partial charge on any atom is 0.306 e. The Labute approximate surface area is 183 Å². The van der Waals surface area contributed by atoms with E-state index < -0.39 is 0 Å². The summed E-state index contributed by atoms with van der Waals surface area (Å²) in [5.41, 5.74) is 0. The molecule has 2 aliphatic carbocycles. The number of fused-ring (bicyclic) bond motifs is 1. The number of esters is 1. The van der Waals surface area contributed by atoms with E-state index >= 15 is 0 Å². The second-order valence-corrected chi connectivity index (χ2v) is 10.2. The van der Waals surface area contributed by atoms with Gasteiger partial charge in [0.15, 0.2) is 0 Å². The van der Waals surface area contributed by atoms with Crippen LogP contribution in [0.1, 0.15) is 51.4 Å². The lowest BCUT2D eigenvalue weighted by Crippen LogP contribution is -2.47. The Morgan fingerprint density at radius 2 is 1.73 bits per heavy atom. The highest BCUT2D eigenvalue weighted by atomic mass is 32.1. The summed E-state index contributed by atoms with van der Waals surface area (Å²) in [6.07, 6.45) is 9.33. The van der Waals surface area contributed by atoms with E-state index in [1.807, 2.05) is 0 Å². The molecular weight excluding hydrogens is 394 g/mol. The van der Waals surface area contributed by atoms with Crippen LogP contribution in [0.5, 0.6) is 0 Å². The lowest BCUT2D eigenvalue weighted by Gasteiger charge is -2.36. The third kappa shape index (κ3) is 4.97. The molecule has 0 bridgehead atoms. The first-order valence-electron chi connectivity index (χ1n) is 11.8. The summed E-state index contributed by atoms with van der Waals surface area (Å²) in [6, 6.07) is 8.57. The van der Waals surface area contributed by atoms with Gasteiger partial charge in [-0.15, -0.1) is 0 Å². The molecular formula is C24H33N3O2S. The Morgan fingerprint density at radius 3 is 2.50 bits per heavy atom. The number of anilines is 1. The van der Waals surface area contributed by atoms with Gasteiger partial charge >= 0.3 is 5.97 Å². The molecule has 2 aromatic rings. The van der Waals surface area contributed by atoms with Crippen molar-refractivity contribution in [3.8, 4) is 0 Å². The fraction of sp³-hybridized carbons (Fsp3) is 0.667. The van der Waals surface area contributed by atoms with Crippen molar-refractivity contribution >= 4 is 33.4 Å². The molecule has 0 radical (unpaired) electrons. The fourth-order valence-electron chi connectivity index (χ4n) is 5.03. The molecule has 2 heterocycles. The van der Waals surface area contributed by atoms with E-state index in [9.17, 15) is 4.79 Å². The summed E-state index contributed by atoms with van der Waals surface area (Å²) < 4.78 is 11.4. The molecule has 1 aromatic heterocycles. The third-order valence-corrected chi connectivity index (χ3v) is 7.94. The number of carbonyl (C=O) groups excluding carboxylic acids is 1. The SMILES string of the molecule is O=C(CC1CCC(CCN2CCN(c3nsc4ccccc34)CC2)CC1)OC1CC1. The third-order valence-electron chi connectivity index (χ3n) is 7.13. The van der Waals surface area contributed by atoms with Crippen molar-refractivity contribution in [1.82, 2.24) is 9.27 Å². The maximum atomic E-state index is 11.9. The molecule has 1 aromatic carbocycles. The van der Waals surface area contributed by atoms with Gasteiger partial charge in [-0.1, -0.05) is 25.0 Å². The van der Waals surface area contributed by atoms with E-state index in [2.05, 4.69) is 34.1 Å². The zero-order valence-corrected chi connectivity index (χ0v) is 18.6. The van der Waals surface area contributed by atoms with Gasteiger partial charge in [0.25, 0.3) is 0 Å². The van der Waals surface area contributed by atoms with Gasteiger partial charge in [0, 0.05) is 38.0 Å². The van der Waals surface area contributed by atoms with E-state index in [0.717, 1.165) is 44.9 Å². The molecule has 0 atom stereocenters. The average molecular weight is 428 g/mol. The number of carbonyl (C=O) groups is 1. The second-order valence-electron chi connectivity index (χ2n) is 9.40. The summed E-state index contributed by atoms with van der Waals surface area (Å²) >= 11 is 1.61. The monoisotopic (exact) mass is 427 g/mol. The molecule has 30 heavy (non-hydrogen) atoms. The van der Waals surface area contributed by atoms with Crippen molar-refractivity contribution in [2.24, 2.45) is 11.8 Å². The fourth-order valence-corrected chi connectivity index (χ4v) is 5.82. The van der Waals surface area contributed by atoms with Crippen LogP contribution in [0, 0.1) is 11.8 Å². The number of hydrogen-bond donors (Lipinski definition) is 0. The summed E-state index contributed by atoms with van der Waals surface area (Å²) in [5, 5.41) is 1.30. The Hall–Kier alpha value is -1.66. The van der Waals surface area contributed by atoms with Gasteiger partial charge in [0.1, 0.15) is 11.9 Å². The van der Waals surface area contributed by atoms with Gasteiger partial charge in [0.05, 0.1) is 4.70 Å². The van der Waals surface area contributed by atoms with Crippen molar-refractivity contribution in [1.29, 1.82) is 0 Å². The van der Waals surface area contributed by atoms with E-state index in [-0.39, 0.29) is 12.1 Å². The highest BCUT2D eigenvalue weighted by Crippen LogP contribution is 2.34. The first-order chi connectivity index (χ1) is 14.7. The van der Waals surface area contributed by atoms with Crippen LogP contribution in [0.25, 0.3) is 10.1 Å². The van der Waals surface area contributed by atoms with Crippen molar-refractivity contribution in [2.75, 3.05) is 37.6 Å². The Balaban J connectivity index is 1.01. The van der Waals surface area contributed by atoms with E-state index in [0.29, 0.717) is 12.3 Å². The predicted molar refractivity (Wildman–Crippen MR) is 122 cm³/mol. The minimum atomic E-state index is 0.0479. The Morgan fingerprint density at radius 1 is 1.00 bits per heavy atom. The van der Waals surface area contributed by atoms with Crippen LogP contribution in [-0.4, -0.2) is 54.1 Å². The van der Waals surface area contributed by atoms with Crippen molar-refractivity contribution < 1.29 is 9.53 Å². The first-order valence-corrected chi connectivity index (χ1v) is 12.5. The molecule has 3 fully saturated rings.